The molecule has 1 aromatic rings. The Morgan fingerprint density at radius 3 is 2.67 bits per heavy atom. The summed E-state index contributed by atoms with van der Waals surface area (Å²) in [6.07, 6.45) is 1.26. The number of carbonyl (C=O) groups excluding carboxylic acids is 1. The minimum absolute atomic E-state index is 0.115. The minimum atomic E-state index is 0.115. The zero-order chi connectivity index (χ0) is 13.3. The molecule has 2 rings (SSSR count). The molecular weight excluding hydrogens is 290 g/mol. The van der Waals surface area contributed by atoms with Crippen LogP contribution in [0.1, 0.15) is 37.6 Å². The summed E-state index contributed by atoms with van der Waals surface area (Å²) in [7, 11) is 0. The molecule has 0 radical (unpaired) electrons. The largest absolute Gasteiger partial charge is 0.370 e. The van der Waals surface area contributed by atoms with Gasteiger partial charge in [0, 0.05) is 23.1 Å². The van der Waals surface area contributed by atoms with Gasteiger partial charge in [-0.15, -0.1) is 0 Å². The molecule has 2 nitrogen and oxygen atoms in total. The molecule has 0 aromatic heterocycles. The van der Waals surface area contributed by atoms with Crippen LogP contribution in [-0.2, 0) is 0 Å². The van der Waals surface area contributed by atoms with Gasteiger partial charge >= 0.3 is 0 Å². The number of nitrogens with zero attached hydrogens (tertiary/aromatic N) is 1. The van der Waals surface area contributed by atoms with Crippen molar-refractivity contribution >= 4 is 27.4 Å². The van der Waals surface area contributed by atoms with Gasteiger partial charge in [0.15, 0.2) is 5.78 Å². The highest BCUT2D eigenvalue weighted by atomic mass is 79.9. The molecule has 0 saturated carbocycles. The third kappa shape index (κ3) is 2.77. The predicted molar refractivity (Wildman–Crippen MR) is 79.3 cm³/mol. The van der Waals surface area contributed by atoms with Gasteiger partial charge in [-0.25, -0.2) is 0 Å². The Bertz CT molecular complexity index is 456. The van der Waals surface area contributed by atoms with Gasteiger partial charge in [0.05, 0.1) is 5.69 Å². The first kappa shape index (κ1) is 13.6. The normalized spacial score (nSPS) is 19.6. The van der Waals surface area contributed by atoms with E-state index in [4.69, 9.17) is 0 Å². The molecule has 0 aliphatic carbocycles. The summed E-state index contributed by atoms with van der Waals surface area (Å²) >= 11 is 3.59. The van der Waals surface area contributed by atoms with Gasteiger partial charge in [-0.2, -0.15) is 0 Å². The number of halogens is 1. The topological polar surface area (TPSA) is 20.3 Å². The van der Waals surface area contributed by atoms with Crippen molar-refractivity contribution in [3.8, 4) is 0 Å². The third-order valence-corrected chi connectivity index (χ3v) is 4.50. The lowest BCUT2D eigenvalue weighted by molar-refractivity contribution is 0.101. The molecular formula is C15H20BrNO. The highest BCUT2D eigenvalue weighted by molar-refractivity contribution is 9.10. The van der Waals surface area contributed by atoms with Gasteiger partial charge in [-0.1, -0.05) is 13.8 Å². The first-order valence-electron chi connectivity index (χ1n) is 6.54. The lowest BCUT2D eigenvalue weighted by Gasteiger charge is -2.21. The highest BCUT2D eigenvalue weighted by Gasteiger charge is 2.26. The van der Waals surface area contributed by atoms with Crippen LogP contribution < -0.4 is 4.90 Å². The molecule has 1 aromatic carbocycles. The van der Waals surface area contributed by atoms with E-state index in [0.717, 1.165) is 35.0 Å². The molecule has 1 heterocycles. The average Bonchev–Trinajstić information content (AvgIpc) is 2.78. The Morgan fingerprint density at radius 1 is 1.44 bits per heavy atom. The van der Waals surface area contributed by atoms with E-state index in [1.165, 1.54) is 12.1 Å². The second-order valence-corrected chi connectivity index (χ2v) is 6.32. The van der Waals surface area contributed by atoms with Crippen molar-refractivity contribution in [3.63, 3.8) is 0 Å². The van der Waals surface area contributed by atoms with E-state index in [0.29, 0.717) is 0 Å². The molecule has 98 valence electrons. The summed E-state index contributed by atoms with van der Waals surface area (Å²) in [5.41, 5.74) is 1.98. The predicted octanol–water partition coefficient (Wildman–Crippen LogP) is 4.13. The lowest BCUT2D eigenvalue weighted by atomic mass is 9.95. The van der Waals surface area contributed by atoms with Crippen molar-refractivity contribution in [1.82, 2.24) is 0 Å². The number of hydrogen-bond donors (Lipinski definition) is 0. The SMILES string of the molecule is CC(=O)c1ccc(N2CCC(C(C)C)C2)c(Br)c1. The summed E-state index contributed by atoms with van der Waals surface area (Å²) < 4.78 is 1.03. The fourth-order valence-corrected chi connectivity index (χ4v) is 3.16. The minimum Gasteiger partial charge on any atom is -0.370 e. The molecule has 1 aliphatic rings. The Kier molecular flexibility index (Phi) is 4.10. The first-order chi connectivity index (χ1) is 8.49. The Labute approximate surface area is 117 Å². The number of rotatable bonds is 3. The summed E-state index contributed by atoms with van der Waals surface area (Å²) in [6.45, 7) is 8.42. The Morgan fingerprint density at radius 2 is 2.17 bits per heavy atom. The molecule has 3 heteroatoms. The quantitative estimate of drug-likeness (QED) is 0.782. The number of anilines is 1. The van der Waals surface area contributed by atoms with E-state index in [9.17, 15) is 4.79 Å². The van der Waals surface area contributed by atoms with E-state index < -0.39 is 0 Å². The zero-order valence-electron chi connectivity index (χ0n) is 11.2. The van der Waals surface area contributed by atoms with Crippen molar-refractivity contribution in [3.05, 3.63) is 28.2 Å². The average molecular weight is 310 g/mol. The number of ketones is 1. The first-order valence-corrected chi connectivity index (χ1v) is 7.33. The van der Waals surface area contributed by atoms with Crippen LogP contribution in [0.25, 0.3) is 0 Å². The number of Topliss-reactive ketones (excluding diaryl/α,β-unsaturated/α-hetero) is 1. The molecule has 0 bridgehead atoms. The molecule has 18 heavy (non-hydrogen) atoms. The molecule has 0 amide bonds. The van der Waals surface area contributed by atoms with Crippen molar-refractivity contribution in [2.45, 2.75) is 27.2 Å². The van der Waals surface area contributed by atoms with Gasteiger partial charge in [0.2, 0.25) is 0 Å². The van der Waals surface area contributed by atoms with Crippen LogP contribution in [0.5, 0.6) is 0 Å². The Hall–Kier alpha value is -0.830. The van der Waals surface area contributed by atoms with Gasteiger partial charge < -0.3 is 4.90 Å². The Balaban J connectivity index is 2.18. The number of benzene rings is 1. The summed E-state index contributed by atoms with van der Waals surface area (Å²) in [5.74, 6) is 1.64. The van der Waals surface area contributed by atoms with E-state index in [1.54, 1.807) is 6.92 Å². The maximum atomic E-state index is 11.3. The molecule has 0 N–H and O–H groups in total. The molecule has 0 spiro atoms. The summed E-state index contributed by atoms with van der Waals surface area (Å²) in [4.78, 5) is 13.8. The zero-order valence-corrected chi connectivity index (χ0v) is 12.8. The molecule has 1 fully saturated rings. The lowest BCUT2D eigenvalue weighted by Crippen LogP contribution is -2.21. The van der Waals surface area contributed by atoms with Crippen LogP contribution in [-0.4, -0.2) is 18.9 Å². The van der Waals surface area contributed by atoms with E-state index in [-0.39, 0.29) is 5.78 Å². The van der Waals surface area contributed by atoms with Gasteiger partial charge in [0.25, 0.3) is 0 Å². The fourth-order valence-electron chi connectivity index (χ4n) is 2.53. The van der Waals surface area contributed by atoms with Crippen LogP contribution in [0, 0.1) is 11.8 Å². The fraction of sp³-hybridized carbons (Fsp3) is 0.533. The van der Waals surface area contributed by atoms with Crippen molar-refractivity contribution in [2.24, 2.45) is 11.8 Å². The van der Waals surface area contributed by atoms with Gasteiger partial charge in [-0.05, 0) is 59.3 Å². The maximum absolute atomic E-state index is 11.3. The van der Waals surface area contributed by atoms with E-state index >= 15 is 0 Å². The van der Waals surface area contributed by atoms with Crippen molar-refractivity contribution in [1.29, 1.82) is 0 Å². The second kappa shape index (κ2) is 5.43. The van der Waals surface area contributed by atoms with Crippen LogP contribution >= 0.6 is 15.9 Å². The van der Waals surface area contributed by atoms with E-state index in [2.05, 4.69) is 40.7 Å². The molecule has 1 unspecified atom stereocenters. The van der Waals surface area contributed by atoms with E-state index in [1.807, 2.05) is 12.1 Å². The van der Waals surface area contributed by atoms with Crippen molar-refractivity contribution in [2.75, 3.05) is 18.0 Å². The standard InChI is InChI=1S/C15H20BrNO/c1-10(2)13-6-7-17(9-13)15-5-4-12(11(3)18)8-14(15)16/h4-5,8,10,13H,6-7,9H2,1-3H3. The van der Waals surface area contributed by atoms with Crippen LogP contribution in [0.3, 0.4) is 0 Å². The van der Waals surface area contributed by atoms with Crippen molar-refractivity contribution < 1.29 is 4.79 Å². The molecule has 1 saturated heterocycles. The molecule has 1 atom stereocenters. The third-order valence-electron chi connectivity index (χ3n) is 3.86. The smallest absolute Gasteiger partial charge is 0.159 e. The second-order valence-electron chi connectivity index (χ2n) is 5.46. The number of hydrogen-bond acceptors (Lipinski definition) is 2. The molecule has 1 aliphatic heterocycles. The van der Waals surface area contributed by atoms with Crippen LogP contribution in [0.15, 0.2) is 22.7 Å². The van der Waals surface area contributed by atoms with Gasteiger partial charge in [-0.3, -0.25) is 4.79 Å². The van der Waals surface area contributed by atoms with Crippen LogP contribution in [0.4, 0.5) is 5.69 Å². The van der Waals surface area contributed by atoms with Gasteiger partial charge in [0.1, 0.15) is 0 Å². The summed E-state index contributed by atoms with van der Waals surface area (Å²) in [5, 5.41) is 0. The highest BCUT2D eigenvalue weighted by Crippen LogP contribution is 2.33. The maximum Gasteiger partial charge on any atom is 0.159 e. The monoisotopic (exact) mass is 309 g/mol. The summed E-state index contributed by atoms with van der Waals surface area (Å²) in [6, 6.07) is 5.91. The van der Waals surface area contributed by atoms with Crippen LogP contribution in [0.2, 0.25) is 0 Å². The number of carbonyl (C=O) groups is 1.